The molecule has 26 heavy (non-hydrogen) atoms. The van der Waals surface area contributed by atoms with Gasteiger partial charge >= 0.3 is 0 Å². The number of hydrogen-bond acceptors (Lipinski definition) is 4. The number of nitrogens with zero attached hydrogens (tertiary/aromatic N) is 1. The number of guanidine groups is 1. The van der Waals surface area contributed by atoms with Crippen molar-refractivity contribution < 1.29 is 13.2 Å². The molecule has 0 amide bonds. The van der Waals surface area contributed by atoms with E-state index in [1.807, 2.05) is 24.3 Å². The van der Waals surface area contributed by atoms with Crippen molar-refractivity contribution in [2.24, 2.45) is 4.99 Å². The molecule has 1 aromatic rings. The van der Waals surface area contributed by atoms with Crippen LogP contribution in [-0.4, -0.2) is 46.9 Å². The Bertz CT molecular complexity index is 666. The van der Waals surface area contributed by atoms with Gasteiger partial charge in [0.25, 0.3) is 0 Å². The van der Waals surface area contributed by atoms with E-state index >= 15 is 0 Å². The van der Waals surface area contributed by atoms with E-state index in [9.17, 15) is 8.42 Å². The van der Waals surface area contributed by atoms with Crippen LogP contribution in [0.4, 0.5) is 0 Å². The third-order valence-corrected chi connectivity index (χ3v) is 4.75. The predicted molar refractivity (Wildman–Crippen MR) is 118 cm³/mol. The highest BCUT2D eigenvalue weighted by molar-refractivity contribution is 14.0. The molecule has 1 rings (SSSR count). The maximum Gasteiger partial charge on any atom is 0.211 e. The first-order valence-corrected chi connectivity index (χ1v) is 9.91. The maximum absolute atomic E-state index is 11.3. The van der Waals surface area contributed by atoms with Crippen LogP contribution in [0.5, 0.6) is 5.75 Å². The molecule has 0 unspecified atom stereocenters. The number of nitrogens with one attached hydrogen (secondary N) is 3. The zero-order chi connectivity index (χ0) is 18.5. The van der Waals surface area contributed by atoms with Crippen LogP contribution in [-0.2, 0) is 16.6 Å². The molecular formula is C17H29IN4O3S. The summed E-state index contributed by atoms with van der Waals surface area (Å²) in [5, 5.41) is 6.37. The summed E-state index contributed by atoms with van der Waals surface area (Å²) >= 11 is 0. The lowest BCUT2D eigenvalue weighted by atomic mass is 10.2. The first-order chi connectivity index (χ1) is 12.0. The highest BCUT2D eigenvalue weighted by atomic mass is 127. The molecule has 0 aliphatic heterocycles. The number of halogens is 1. The van der Waals surface area contributed by atoms with Crippen molar-refractivity contribution in [3.8, 4) is 5.75 Å². The van der Waals surface area contributed by atoms with Crippen LogP contribution in [0.25, 0.3) is 0 Å². The number of rotatable bonds is 11. The summed E-state index contributed by atoms with van der Waals surface area (Å²) in [4.78, 5) is 4.16. The molecule has 148 valence electrons. The fourth-order valence-electron chi connectivity index (χ4n) is 1.96. The molecule has 1 aromatic carbocycles. The number of hydrogen-bond donors (Lipinski definition) is 3. The Labute approximate surface area is 173 Å². The largest absolute Gasteiger partial charge is 0.489 e. The van der Waals surface area contributed by atoms with Crippen LogP contribution >= 0.6 is 24.0 Å². The van der Waals surface area contributed by atoms with Gasteiger partial charge in [0.05, 0.1) is 5.75 Å². The number of aliphatic imine (C=N–C) groups is 1. The van der Waals surface area contributed by atoms with Crippen molar-refractivity contribution in [1.29, 1.82) is 0 Å². The van der Waals surface area contributed by atoms with Gasteiger partial charge in [0, 0.05) is 32.2 Å². The smallest absolute Gasteiger partial charge is 0.211 e. The molecule has 0 aliphatic carbocycles. The van der Waals surface area contributed by atoms with Crippen LogP contribution < -0.4 is 20.1 Å². The molecular weight excluding hydrogens is 467 g/mol. The fourth-order valence-corrected chi connectivity index (χ4v) is 2.62. The summed E-state index contributed by atoms with van der Waals surface area (Å²) in [6.07, 6.45) is 2.37. The molecule has 0 bridgehead atoms. The highest BCUT2D eigenvalue weighted by Gasteiger charge is 2.06. The Hall–Kier alpha value is -1.33. The minimum Gasteiger partial charge on any atom is -0.489 e. The lowest BCUT2D eigenvalue weighted by molar-refractivity contribution is 0.358. The SMILES string of the molecule is C=CCOc1ccccc1CNC(=NC)NCCCNS(=O)(=O)CC.I. The van der Waals surface area contributed by atoms with Crippen molar-refractivity contribution in [2.75, 3.05) is 32.5 Å². The molecule has 0 atom stereocenters. The standard InChI is InChI=1S/C17H28N4O3S.HI/c1-4-13-24-16-10-7-6-9-15(16)14-20-17(18-3)19-11-8-12-21-25(22,23)5-2;/h4,6-7,9-10,21H,1,5,8,11-14H2,2-3H3,(H2,18,19,20);1H. The first-order valence-electron chi connectivity index (χ1n) is 8.25. The molecule has 0 saturated heterocycles. The Morgan fingerprint density at radius 2 is 2.00 bits per heavy atom. The van der Waals surface area contributed by atoms with E-state index in [-0.39, 0.29) is 29.7 Å². The Kier molecular flexibility index (Phi) is 13.1. The van der Waals surface area contributed by atoms with E-state index in [1.165, 1.54) is 0 Å². The number of para-hydroxylation sites is 1. The Morgan fingerprint density at radius 3 is 2.65 bits per heavy atom. The lowest BCUT2D eigenvalue weighted by Crippen LogP contribution is -2.38. The topological polar surface area (TPSA) is 91.8 Å². The number of ether oxygens (including phenoxy) is 1. The van der Waals surface area contributed by atoms with Crippen LogP contribution in [0.1, 0.15) is 18.9 Å². The molecule has 0 heterocycles. The van der Waals surface area contributed by atoms with Gasteiger partial charge in [0.15, 0.2) is 5.96 Å². The third kappa shape index (κ3) is 9.97. The van der Waals surface area contributed by atoms with Gasteiger partial charge in [0.1, 0.15) is 12.4 Å². The monoisotopic (exact) mass is 496 g/mol. The minimum absolute atomic E-state index is 0. The average molecular weight is 496 g/mol. The van der Waals surface area contributed by atoms with Gasteiger partial charge < -0.3 is 15.4 Å². The molecule has 7 nitrogen and oxygen atoms in total. The zero-order valence-corrected chi connectivity index (χ0v) is 18.5. The Balaban J connectivity index is 0.00000625. The van der Waals surface area contributed by atoms with E-state index < -0.39 is 10.0 Å². The maximum atomic E-state index is 11.3. The summed E-state index contributed by atoms with van der Waals surface area (Å²) < 4.78 is 30.8. The van der Waals surface area contributed by atoms with Gasteiger partial charge in [-0.15, -0.1) is 24.0 Å². The summed E-state index contributed by atoms with van der Waals surface area (Å²) in [7, 11) is -1.44. The van der Waals surface area contributed by atoms with Crippen LogP contribution in [0, 0.1) is 0 Å². The molecule has 0 aromatic heterocycles. The van der Waals surface area contributed by atoms with Gasteiger partial charge in [-0.25, -0.2) is 13.1 Å². The summed E-state index contributed by atoms with van der Waals surface area (Å²) in [6, 6.07) is 7.77. The van der Waals surface area contributed by atoms with Gasteiger partial charge in [-0.1, -0.05) is 30.9 Å². The van der Waals surface area contributed by atoms with Gasteiger partial charge in [-0.3, -0.25) is 4.99 Å². The zero-order valence-electron chi connectivity index (χ0n) is 15.3. The van der Waals surface area contributed by atoms with Crippen LogP contribution in [0.2, 0.25) is 0 Å². The molecule has 0 saturated carbocycles. The predicted octanol–water partition coefficient (Wildman–Crippen LogP) is 1.86. The van der Waals surface area contributed by atoms with E-state index in [0.717, 1.165) is 11.3 Å². The molecule has 0 spiro atoms. The summed E-state index contributed by atoms with van der Waals surface area (Å²) in [6.45, 7) is 7.30. The fraction of sp³-hybridized carbons (Fsp3) is 0.471. The highest BCUT2D eigenvalue weighted by Crippen LogP contribution is 2.17. The molecule has 0 aliphatic rings. The van der Waals surface area contributed by atoms with E-state index in [2.05, 4.69) is 26.9 Å². The quantitative estimate of drug-likeness (QED) is 0.143. The second-order valence-corrected chi connectivity index (χ2v) is 7.31. The minimum atomic E-state index is -3.13. The normalized spacial score (nSPS) is 11.4. The molecule has 3 N–H and O–H groups in total. The van der Waals surface area contributed by atoms with Crippen molar-refractivity contribution in [3.63, 3.8) is 0 Å². The third-order valence-electron chi connectivity index (χ3n) is 3.35. The second kappa shape index (κ2) is 13.8. The summed E-state index contributed by atoms with van der Waals surface area (Å²) in [5.41, 5.74) is 1.02. The van der Waals surface area contributed by atoms with Crippen molar-refractivity contribution in [1.82, 2.24) is 15.4 Å². The van der Waals surface area contributed by atoms with Gasteiger partial charge in [-0.05, 0) is 19.4 Å². The second-order valence-electron chi connectivity index (χ2n) is 5.21. The van der Waals surface area contributed by atoms with Crippen molar-refractivity contribution >= 4 is 40.0 Å². The van der Waals surface area contributed by atoms with Crippen molar-refractivity contribution in [2.45, 2.75) is 19.9 Å². The molecule has 0 radical (unpaired) electrons. The first kappa shape index (κ1) is 24.7. The van der Waals surface area contributed by atoms with E-state index in [1.54, 1.807) is 20.0 Å². The van der Waals surface area contributed by atoms with E-state index in [0.29, 0.717) is 38.6 Å². The van der Waals surface area contributed by atoms with Gasteiger partial charge in [-0.2, -0.15) is 0 Å². The van der Waals surface area contributed by atoms with Crippen molar-refractivity contribution in [3.05, 3.63) is 42.5 Å². The van der Waals surface area contributed by atoms with Crippen LogP contribution in [0.3, 0.4) is 0 Å². The summed E-state index contributed by atoms with van der Waals surface area (Å²) in [5.74, 6) is 1.55. The number of benzene rings is 1. The average Bonchev–Trinajstić information content (AvgIpc) is 2.62. The molecule has 0 fully saturated rings. The number of sulfonamides is 1. The molecule has 9 heteroatoms. The van der Waals surface area contributed by atoms with Crippen LogP contribution in [0.15, 0.2) is 41.9 Å². The lowest BCUT2D eigenvalue weighted by Gasteiger charge is -2.14. The van der Waals surface area contributed by atoms with Gasteiger partial charge in [0.2, 0.25) is 10.0 Å². The Morgan fingerprint density at radius 1 is 1.27 bits per heavy atom. The van der Waals surface area contributed by atoms with E-state index in [4.69, 9.17) is 4.74 Å².